The lowest BCUT2D eigenvalue weighted by Crippen LogP contribution is -2.46. The Hall–Kier alpha value is -2.08. The lowest BCUT2D eigenvalue weighted by Gasteiger charge is -2.41. The number of ether oxygens (including phenoxy) is 2. The van der Waals surface area contributed by atoms with Crippen molar-refractivity contribution in [1.29, 1.82) is 0 Å². The van der Waals surface area contributed by atoms with E-state index in [-0.39, 0.29) is 18.1 Å². The van der Waals surface area contributed by atoms with E-state index in [4.69, 9.17) is 9.47 Å². The van der Waals surface area contributed by atoms with Gasteiger partial charge in [0, 0.05) is 24.0 Å². The predicted molar refractivity (Wildman–Crippen MR) is 101 cm³/mol. The van der Waals surface area contributed by atoms with E-state index in [0.717, 1.165) is 36.8 Å². The summed E-state index contributed by atoms with van der Waals surface area (Å²) >= 11 is 0. The molecule has 3 rings (SSSR count). The quantitative estimate of drug-likeness (QED) is 0.766. The highest BCUT2D eigenvalue weighted by atomic mass is 16.6. The van der Waals surface area contributed by atoms with Crippen molar-refractivity contribution >= 4 is 16.9 Å². The number of hydrogen-bond donors (Lipinski definition) is 0. The molecule has 6 nitrogen and oxygen atoms in total. The molecule has 2 heterocycles. The highest BCUT2D eigenvalue weighted by Gasteiger charge is 2.28. The predicted octanol–water partition coefficient (Wildman–Crippen LogP) is 3.41. The Labute approximate surface area is 155 Å². The van der Waals surface area contributed by atoms with E-state index < -0.39 is 0 Å². The van der Waals surface area contributed by atoms with Gasteiger partial charge in [0.15, 0.2) is 6.61 Å². The molecule has 0 amide bonds. The number of aromatic nitrogens is 2. The number of carbonyl (C=O) groups excluding carboxylic acids is 1. The van der Waals surface area contributed by atoms with Crippen molar-refractivity contribution in [3.63, 3.8) is 0 Å². The first-order valence-corrected chi connectivity index (χ1v) is 9.39. The van der Waals surface area contributed by atoms with Gasteiger partial charge in [-0.15, -0.1) is 0 Å². The summed E-state index contributed by atoms with van der Waals surface area (Å²) in [6, 6.07) is 6.28. The summed E-state index contributed by atoms with van der Waals surface area (Å²) in [5.41, 5.74) is 1.34. The van der Waals surface area contributed by atoms with Crippen LogP contribution in [-0.2, 0) is 9.53 Å². The lowest BCUT2D eigenvalue weighted by atomic mass is 9.98. The summed E-state index contributed by atoms with van der Waals surface area (Å²) < 4.78 is 12.5. The summed E-state index contributed by atoms with van der Waals surface area (Å²) in [6.45, 7) is 11.1. The summed E-state index contributed by atoms with van der Waals surface area (Å²) in [5.74, 6) is 0.307. The number of carbonyl (C=O) groups is 1. The van der Waals surface area contributed by atoms with Crippen molar-refractivity contribution in [2.45, 2.75) is 52.1 Å². The van der Waals surface area contributed by atoms with Gasteiger partial charge in [-0.3, -0.25) is 9.58 Å². The molecule has 0 saturated carbocycles. The fraction of sp³-hybridized carbons (Fsp3) is 0.600. The molecule has 0 N–H and O–H groups in total. The topological polar surface area (TPSA) is 56.6 Å². The second-order valence-corrected chi connectivity index (χ2v) is 7.79. The van der Waals surface area contributed by atoms with Gasteiger partial charge < -0.3 is 9.47 Å². The summed E-state index contributed by atoms with van der Waals surface area (Å²) in [5, 5.41) is 5.65. The largest absolute Gasteiger partial charge is 0.482 e. The lowest BCUT2D eigenvalue weighted by molar-refractivity contribution is -0.145. The van der Waals surface area contributed by atoms with Crippen LogP contribution in [0.3, 0.4) is 0 Å². The van der Waals surface area contributed by atoms with Crippen LogP contribution in [-0.4, -0.2) is 52.5 Å². The molecule has 1 aliphatic rings. The fourth-order valence-corrected chi connectivity index (χ4v) is 3.54. The Bertz CT molecular complexity index is 755. The summed E-state index contributed by atoms with van der Waals surface area (Å²) in [7, 11) is 0. The Morgan fingerprint density at radius 3 is 2.65 bits per heavy atom. The van der Waals surface area contributed by atoms with Crippen molar-refractivity contribution in [2.75, 3.05) is 26.3 Å². The van der Waals surface area contributed by atoms with Crippen LogP contribution in [0.15, 0.2) is 24.4 Å². The molecule has 1 saturated heterocycles. The third kappa shape index (κ3) is 4.18. The van der Waals surface area contributed by atoms with Crippen LogP contribution in [0.4, 0.5) is 0 Å². The number of piperidine rings is 1. The monoisotopic (exact) mass is 359 g/mol. The van der Waals surface area contributed by atoms with Crippen molar-refractivity contribution in [3.05, 3.63) is 24.4 Å². The molecule has 1 aromatic carbocycles. The van der Waals surface area contributed by atoms with Gasteiger partial charge in [0.2, 0.25) is 0 Å². The average Bonchev–Trinajstić information content (AvgIpc) is 3.03. The van der Waals surface area contributed by atoms with Crippen LogP contribution in [0.25, 0.3) is 10.9 Å². The SMILES string of the molecule is CCOC(=O)COc1ccc2c(cnn2C2CCN(C(C)(C)C)CC2)c1. The van der Waals surface area contributed by atoms with Crippen molar-refractivity contribution in [1.82, 2.24) is 14.7 Å². The van der Waals surface area contributed by atoms with E-state index >= 15 is 0 Å². The average molecular weight is 359 g/mol. The molecule has 0 radical (unpaired) electrons. The van der Waals surface area contributed by atoms with E-state index in [9.17, 15) is 4.79 Å². The third-order valence-electron chi connectivity index (χ3n) is 4.99. The molecule has 0 bridgehead atoms. The molecule has 0 aliphatic carbocycles. The zero-order valence-corrected chi connectivity index (χ0v) is 16.2. The number of hydrogen-bond acceptors (Lipinski definition) is 5. The van der Waals surface area contributed by atoms with Crippen LogP contribution in [0, 0.1) is 0 Å². The van der Waals surface area contributed by atoms with Crippen molar-refractivity contribution in [3.8, 4) is 5.75 Å². The van der Waals surface area contributed by atoms with Gasteiger partial charge in [-0.2, -0.15) is 5.10 Å². The standard InChI is InChI=1S/C20H29N3O3/c1-5-25-19(24)14-26-17-6-7-18-15(12-17)13-21-23(18)16-8-10-22(11-9-16)20(2,3)4/h6-7,12-13,16H,5,8-11,14H2,1-4H3. The Morgan fingerprint density at radius 1 is 1.27 bits per heavy atom. The highest BCUT2D eigenvalue weighted by molar-refractivity contribution is 5.80. The van der Waals surface area contributed by atoms with Crippen LogP contribution < -0.4 is 4.74 Å². The smallest absolute Gasteiger partial charge is 0.344 e. The molecule has 1 aromatic heterocycles. The molecule has 1 aliphatic heterocycles. The highest BCUT2D eigenvalue weighted by Crippen LogP contribution is 2.30. The second-order valence-electron chi connectivity index (χ2n) is 7.79. The summed E-state index contributed by atoms with van der Waals surface area (Å²) in [4.78, 5) is 14.0. The van der Waals surface area contributed by atoms with Crippen molar-refractivity contribution < 1.29 is 14.3 Å². The van der Waals surface area contributed by atoms with Crippen molar-refractivity contribution in [2.24, 2.45) is 0 Å². The molecule has 26 heavy (non-hydrogen) atoms. The van der Waals surface area contributed by atoms with E-state index in [1.165, 1.54) is 0 Å². The van der Waals surface area contributed by atoms with Crippen LogP contribution in [0.2, 0.25) is 0 Å². The first kappa shape index (κ1) is 18.7. The molecule has 0 atom stereocenters. The van der Waals surface area contributed by atoms with Gasteiger partial charge in [0.25, 0.3) is 0 Å². The molecule has 0 unspecified atom stereocenters. The molecular formula is C20H29N3O3. The molecule has 0 spiro atoms. The van der Waals surface area contributed by atoms with Crippen LogP contribution in [0.5, 0.6) is 5.75 Å². The molecule has 6 heteroatoms. The Morgan fingerprint density at radius 2 is 2.00 bits per heavy atom. The van der Waals surface area contributed by atoms with Gasteiger partial charge in [0.1, 0.15) is 5.75 Å². The van der Waals surface area contributed by atoms with E-state index in [0.29, 0.717) is 18.4 Å². The van der Waals surface area contributed by atoms with Gasteiger partial charge in [-0.1, -0.05) is 0 Å². The minimum atomic E-state index is -0.353. The van der Waals surface area contributed by atoms with Gasteiger partial charge >= 0.3 is 5.97 Å². The Balaban J connectivity index is 1.67. The number of likely N-dealkylation sites (tertiary alicyclic amines) is 1. The van der Waals surface area contributed by atoms with E-state index in [2.05, 4.69) is 35.5 Å². The normalized spacial score (nSPS) is 16.8. The van der Waals surface area contributed by atoms with Gasteiger partial charge in [0.05, 0.1) is 24.4 Å². The second kappa shape index (κ2) is 7.66. The maximum absolute atomic E-state index is 11.4. The van der Waals surface area contributed by atoms with Gasteiger partial charge in [-0.25, -0.2) is 4.79 Å². The molecule has 1 fully saturated rings. The molecular weight excluding hydrogens is 330 g/mol. The number of rotatable bonds is 5. The number of fused-ring (bicyclic) bond motifs is 1. The minimum Gasteiger partial charge on any atom is -0.482 e. The maximum Gasteiger partial charge on any atom is 0.344 e. The zero-order chi connectivity index (χ0) is 18.7. The first-order valence-electron chi connectivity index (χ1n) is 9.39. The minimum absolute atomic E-state index is 0.0707. The van der Waals surface area contributed by atoms with Crippen LogP contribution in [0.1, 0.15) is 46.6 Å². The molecule has 2 aromatic rings. The van der Waals surface area contributed by atoms with Crippen LogP contribution >= 0.6 is 0 Å². The van der Waals surface area contributed by atoms with E-state index in [1.807, 2.05) is 24.4 Å². The first-order chi connectivity index (χ1) is 12.4. The number of nitrogens with zero attached hydrogens (tertiary/aromatic N) is 3. The zero-order valence-electron chi connectivity index (χ0n) is 16.2. The van der Waals surface area contributed by atoms with E-state index in [1.54, 1.807) is 6.92 Å². The van der Waals surface area contributed by atoms with Gasteiger partial charge in [-0.05, 0) is 58.7 Å². The number of benzene rings is 1. The number of esters is 1. The maximum atomic E-state index is 11.4. The fourth-order valence-electron chi connectivity index (χ4n) is 3.54. The summed E-state index contributed by atoms with van der Waals surface area (Å²) in [6.07, 6.45) is 4.09. The molecule has 142 valence electrons. The third-order valence-corrected chi connectivity index (χ3v) is 4.99. The Kier molecular flexibility index (Phi) is 5.51.